The Morgan fingerprint density at radius 3 is 2.96 bits per heavy atom. The Hall–Kier alpha value is -1.43. The molecule has 0 bridgehead atoms. The van der Waals surface area contributed by atoms with Gasteiger partial charge >= 0.3 is 0 Å². The van der Waals surface area contributed by atoms with E-state index in [9.17, 15) is 0 Å². The number of hydrogen-bond donors (Lipinski definition) is 0. The summed E-state index contributed by atoms with van der Waals surface area (Å²) < 4.78 is 11.9. The van der Waals surface area contributed by atoms with Crippen LogP contribution in [0.3, 0.4) is 0 Å². The first-order chi connectivity index (χ1) is 11.3. The summed E-state index contributed by atoms with van der Waals surface area (Å²) in [7, 11) is 0. The van der Waals surface area contributed by atoms with Crippen LogP contribution >= 0.6 is 11.3 Å². The summed E-state index contributed by atoms with van der Waals surface area (Å²) in [6.45, 7) is 6.98. The summed E-state index contributed by atoms with van der Waals surface area (Å²) in [4.78, 5) is 8.04. The lowest BCUT2D eigenvalue weighted by Gasteiger charge is -2.19. The molecule has 23 heavy (non-hydrogen) atoms. The molecule has 2 aromatic heterocycles. The molecular formula is C18H22N2O2S. The van der Waals surface area contributed by atoms with Crippen molar-refractivity contribution in [3.05, 3.63) is 46.4 Å². The van der Waals surface area contributed by atoms with Gasteiger partial charge in [0.25, 0.3) is 0 Å². The molecule has 4 nitrogen and oxygen atoms in total. The van der Waals surface area contributed by atoms with Gasteiger partial charge in [-0.3, -0.25) is 9.88 Å². The van der Waals surface area contributed by atoms with Crippen molar-refractivity contribution in [3.8, 4) is 5.75 Å². The monoisotopic (exact) mass is 330 g/mol. The Morgan fingerprint density at radius 2 is 2.17 bits per heavy atom. The molecule has 0 spiro atoms. The Bertz CT molecular complexity index is 645. The number of hydrogen-bond acceptors (Lipinski definition) is 5. The van der Waals surface area contributed by atoms with Gasteiger partial charge in [-0.15, -0.1) is 11.3 Å². The number of likely N-dealkylation sites (tertiary alicyclic amines) is 1. The maximum absolute atomic E-state index is 6.03. The number of nitrogens with zero attached hydrogens (tertiary/aromatic N) is 2. The molecule has 5 heteroatoms. The number of rotatable bonds is 5. The highest BCUT2D eigenvalue weighted by molar-refractivity contribution is 7.10. The lowest BCUT2D eigenvalue weighted by atomic mass is 9.94. The van der Waals surface area contributed by atoms with Crippen LogP contribution in [0.1, 0.15) is 10.4 Å². The SMILES string of the molecule is Cc1ccsc1CN1C[C@@H]2[C@H](COc3ccncc3)CO[C@@H]2C1. The van der Waals surface area contributed by atoms with Crippen molar-refractivity contribution in [3.63, 3.8) is 0 Å². The maximum Gasteiger partial charge on any atom is 0.122 e. The van der Waals surface area contributed by atoms with Gasteiger partial charge in [0.05, 0.1) is 19.3 Å². The standard InChI is InChI=1S/C18H22N2O2S/c1-13-4-7-23-18(13)10-20-8-16-14(12-22-17(16)9-20)11-21-15-2-5-19-6-3-15/h2-7,14,16-17H,8-12H2,1H3/t14-,16-,17-/m1/s1. The van der Waals surface area contributed by atoms with Crippen LogP contribution in [0.25, 0.3) is 0 Å². The third-order valence-corrected chi connectivity index (χ3v) is 5.97. The molecule has 122 valence electrons. The molecule has 0 unspecified atom stereocenters. The topological polar surface area (TPSA) is 34.6 Å². The van der Waals surface area contributed by atoms with Crippen molar-refractivity contribution in [2.75, 3.05) is 26.3 Å². The number of aromatic nitrogens is 1. The van der Waals surface area contributed by atoms with Gasteiger partial charge in [-0.25, -0.2) is 0 Å². The zero-order valence-corrected chi connectivity index (χ0v) is 14.2. The zero-order valence-electron chi connectivity index (χ0n) is 13.4. The van der Waals surface area contributed by atoms with Crippen molar-refractivity contribution >= 4 is 11.3 Å². The van der Waals surface area contributed by atoms with Gasteiger partial charge in [0.2, 0.25) is 0 Å². The van der Waals surface area contributed by atoms with E-state index in [0.29, 0.717) is 17.9 Å². The molecule has 0 amide bonds. The van der Waals surface area contributed by atoms with Crippen LogP contribution in [0.15, 0.2) is 36.0 Å². The molecule has 0 N–H and O–H groups in total. The molecule has 0 saturated carbocycles. The van der Waals surface area contributed by atoms with Crippen LogP contribution in [0.2, 0.25) is 0 Å². The first-order valence-corrected chi connectivity index (χ1v) is 9.07. The lowest BCUT2D eigenvalue weighted by molar-refractivity contribution is 0.0899. The van der Waals surface area contributed by atoms with Gasteiger partial charge in [-0.05, 0) is 36.1 Å². The fraction of sp³-hybridized carbons (Fsp3) is 0.500. The van der Waals surface area contributed by atoms with Gasteiger partial charge in [0.15, 0.2) is 0 Å². The predicted molar refractivity (Wildman–Crippen MR) is 90.8 cm³/mol. The van der Waals surface area contributed by atoms with Gasteiger partial charge in [0, 0.05) is 48.7 Å². The first kappa shape index (κ1) is 15.1. The van der Waals surface area contributed by atoms with Crippen LogP contribution in [0.5, 0.6) is 5.75 Å². The molecule has 2 aliphatic rings. The number of aryl methyl sites for hydroxylation is 1. The molecule has 2 fully saturated rings. The minimum absolute atomic E-state index is 0.376. The van der Waals surface area contributed by atoms with Crippen LogP contribution in [-0.2, 0) is 11.3 Å². The van der Waals surface area contributed by atoms with E-state index in [2.05, 4.69) is 28.3 Å². The fourth-order valence-corrected chi connectivity index (χ4v) is 4.54. The molecular weight excluding hydrogens is 308 g/mol. The van der Waals surface area contributed by atoms with E-state index in [1.54, 1.807) is 12.4 Å². The van der Waals surface area contributed by atoms with Gasteiger partial charge in [0.1, 0.15) is 5.75 Å². The minimum atomic E-state index is 0.376. The Labute approximate surface area is 141 Å². The second-order valence-electron chi connectivity index (χ2n) is 6.51. The summed E-state index contributed by atoms with van der Waals surface area (Å²) in [5.41, 5.74) is 1.41. The molecule has 4 heterocycles. The second kappa shape index (κ2) is 6.59. The van der Waals surface area contributed by atoms with Crippen LogP contribution in [-0.4, -0.2) is 42.3 Å². The average Bonchev–Trinajstić information content (AvgIpc) is 3.24. The Morgan fingerprint density at radius 1 is 1.30 bits per heavy atom. The third kappa shape index (κ3) is 3.27. The van der Waals surface area contributed by atoms with E-state index in [-0.39, 0.29) is 0 Å². The summed E-state index contributed by atoms with van der Waals surface area (Å²) in [6, 6.07) is 6.03. The smallest absolute Gasteiger partial charge is 0.122 e. The normalized spacial score (nSPS) is 27.3. The molecule has 0 aliphatic carbocycles. The third-order valence-electron chi connectivity index (χ3n) is 4.96. The minimum Gasteiger partial charge on any atom is -0.493 e. The van der Waals surface area contributed by atoms with Crippen LogP contribution in [0, 0.1) is 18.8 Å². The van der Waals surface area contributed by atoms with Gasteiger partial charge < -0.3 is 9.47 Å². The second-order valence-corrected chi connectivity index (χ2v) is 7.51. The van der Waals surface area contributed by atoms with Crippen molar-refractivity contribution in [2.24, 2.45) is 11.8 Å². The Balaban J connectivity index is 1.33. The van der Waals surface area contributed by atoms with Crippen molar-refractivity contribution in [1.82, 2.24) is 9.88 Å². The fourth-order valence-electron chi connectivity index (χ4n) is 3.59. The van der Waals surface area contributed by atoms with Crippen molar-refractivity contribution < 1.29 is 9.47 Å². The number of thiophene rings is 1. The molecule has 0 radical (unpaired) electrons. The predicted octanol–water partition coefficient (Wildman–Crippen LogP) is 2.98. The van der Waals surface area contributed by atoms with E-state index < -0.39 is 0 Å². The Kier molecular flexibility index (Phi) is 4.33. The lowest BCUT2D eigenvalue weighted by Crippen LogP contribution is -2.26. The molecule has 3 atom stereocenters. The highest BCUT2D eigenvalue weighted by Crippen LogP contribution is 2.35. The van der Waals surface area contributed by atoms with Gasteiger partial charge in [-0.1, -0.05) is 0 Å². The zero-order chi connectivity index (χ0) is 15.6. The van der Waals surface area contributed by atoms with E-state index in [0.717, 1.165) is 38.6 Å². The van der Waals surface area contributed by atoms with Crippen molar-refractivity contribution in [2.45, 2.75) is 19.6 Å². The summed E-state index contributed by atoms with van der Waals surface area (Å²) >= 11 is 1.86. The number of ether oxygens (including phenoxy) is 2. The molecule has 4 rings (SSSR count). The maximum atomic E-state index is 6.03. The van der Waals surface area contributed by atoms with E-state index >= 15 is 0 Å². The van der Waals surface area contributed by atoms with Crippen molar-refractivity contribution in [1.29, 1.82) is 0 Å². The molecule has 0 aromatic carbocycles. The summed E-state index contributed by atoms with van der Waals surface area (Å²) in [5.74, 6) is 1.98. The van der Waals surface area contributed by atoms with Gasteiger partial charge in [-0.2, -0.15) is 0 Å². The van der Waals surface area contributed by atoms with Crippen LogP contribution in [0.4, 0.5) is 0 Å². The van der Waals surface area contributed by atoms with Crippen LogP contribution < -0.4 is 4.74 Å². The van der Waals surface area contributed by atoms with E-state index in [1.165, 1.54) is 10.4 Å². The summed E-state index contributed by atoms with van der Waals surface area (Å²) in [5, 5.41) is 2.18. The summed E-state index contributed by atoms with van der Waals surface area (Å²) in [6.07, 6.45) is 3.91. The molecule has 2 aromatic rings. The largest absolute Gasteiger partial charge is 0.493 e. The quantitative estimate of drug-likeness (QED) is 0.844. The number of fused-ring (bicyclic) bond motifs is 1. The van der Waals surface area contributed by atoms with E-state index in [4.69, 9.17) is 9.47 Å². The molecule has 2 saturated heterocycles. The number of pyridine rings is 1. The first-order valence-electron chi connectivity index (χ1n) is 8.19. The van der Waals surface area contributed by atoms with E-state index in [1.807, 2.05) is 23.5 Å². The highest BCUT2D eigenvalue weighted by atomic mass is 32.1. The molecule has 2 aliphatic heterocycles. The average molecular weight is 330 g/mol. The highest BCUT2D eigenvalue weighted by Gasteiger charge is 2.44.